The van der Waals surface area contributed by atoms with Gasteiger partial charge >= 0.3 is 0 Å². The number of alkyl halides is 1. The van der Waals surface area contributed by atoms with Crippen LogP contribution in [0.25, 0.3) is 0 Å². The highest BCUT2D eigenvalue weighted by molar-refractivity contribution is 9.09. The average molecular weight is 304 g/mol. The van der Waals surface area contributed by atoms with E-state index in [1.165, 1.54) is 25.7 Å². The monoisotopic (exact) mass is 303 g/mol. The number of halogens is 1. The van der Waals surface area contributed by atoms with Crippen LogP contribution in [0.5, 0.6) is 0 Å². The minimum absolute atomic E-state index is 0.0383. The Hall–Kier alpha value is -0.0500. The molecule has 2 nitrogen and oxygen atoms in total. The Bertz CT molecular complexity index is 222. The first-order chi connectivity index (χ1) is 8.17. The van der Waals surface area contributed by atoms with E-state index in [-0.39, 0.29) is 17.4 Å². The van der Waals surface area contributed by atoms with Crippen LogP contribution < -0.4 is 5.32 Å². The summed E-state index contributed by atoms with van der Waals surface area (Å²) in [5.74, 6) is 0.545. The summed E-state index contributed by atoms with van der Waals surface area (Å²) in [7, 11) is 0. The summed E-state index contributed by atoms with van der Waals surface area (Å²) in [6, 6.07) is 0. The van der Waals surface area contributed by atoms with Crippen molar-refractivity contribution in [1.82, 2.24) is 5.32 Å². The van der Waals surface area contributed by atoms with E-state index in [4.69, 9.17) is 0 Å². The van der Waals surface area contributed by atoms with Crippen LogP contribution >= 0.6 is 15.9 Å². The maximum Gasteiger partial charge on any atom is 0.223 e. The van der Waals surface area contributed by atoms with Crippen LogP contribution in [0, 0.1) is 5.92 Å². The molecule has 1 saturated carbocycles. The van der Waals surface area contributed by atoms with Gasteiger partial charge in [0.25, 0.3) is 0 Å². The first-order valence-corrected chi connectivity index (χ1v) is 8.17. The molecule has 1 aliphatic rings. The van der Waals surface area contributed by atoms with E-state index < -0.39 is 0 Å². The fourth-order valence-corrected chi connectivity index (χ4v) is 3.49. The Labute approximate surface area is 114 Å². The van der Waals surface area contributed by atoms with E-state index in [0.29, 0.717) is 0 Å². The van der Waals surface area contributed by atoms with Crippen molar-refractivity contribution in [1.29, 1.82) is 0 Å². The van der Waals surface area contributed by atoms with Gasteiger partial charge in [0.15, 0.2) is 0 Å². The van der Waals surface area contributed by atoms with Crippen molar-refractivity contribution >= 4 is 21.8 Å². The summed E-state index contributed by atoms with van der Waals surface area (Å²) in [4.78, 5) is 12.3. The minimum Gasteiger partial charge on any atom is -0.350 e. The number of hydrogen-bond acceptors (Lipinski definition) is 1. The molecule has 0 atom stereocenters. The first-order valence-electron chi connectivity index (χ1n) is 7.05. The summed E-state index contributed by atoms with van der Waals surface area (Å²) in [6.07, 6.45) is 9.19. The molecule has 0 aromatic rings. The van der Waals surface area contributed by atoms with Crippen molar-refractivity contribution in [3.63, 3.8) is 0 Å². The predicted octanol–water partition coefficient (Wildman–Crippen LogP) is 4.03. The van der Waals surface area contributed by atoms with Crippen molar-refractivity contribution in [3.8, 4) is 0 Å². The topological polar surface area (TPSA) is 29.1 Å². The number of nitrogens with one attached hydrogen (secondary N) is 1. The minimum atomic E-state index is -0.0383. The molecule has 100 valence electrons. The van der Waals surface area contributed by atoms with Crippen molar-refractivity contribution in [2.24, 2.45) is 5.92 Å². The lowest BCUT2D eigenvalue weighted by Crippen LogP contribution is -2.51. The molecule has 0 saturated heterocycles. The fourth-order valence-electron chi connectivity index (χ4n) is 2.55. The highest BCUT2D eigenvalue weighted by Crippen LogP contribution is 2.25. The molecule has 0 bridgehead atoms. The Kier molecular flexibility index (Phi) is 6.53. The molecule has 1 N–H and O–H groups in total. The van der Waals surface area contributed by atoms with Crippen LogP contribution in [-0.4, -0.2) is 16.8 Å². The van der Waals surface area contributed by atoms with Crippen LogP contribution in [0.4, 0.5) is 0 Å². The number of carbonyl (C=O) groups is 1. The van der Waals surface area contributed by atoms with Crippen LogP contribution in [0.2, 0.25) is 0 Å². The van der Waals surface area contributed by atoms with E-state index in [9.17, 15) is 4.79 Å². The second-order valence-electron chi connectivity index (χ2n) is 5.30. The molecule has 0 aromatic carbocycles. The average Bonchev–Trinajstić information content (AvgIpc) is 2.65. The van der Waals surface area contributed by atoms with E-state index in [1.807, 2.05) is 0 Å². The maximum atomic E-state index is 12.3. The molecule has 0 unspecified atom stereocenters. The third-order valence-electron chi connectivity index (χ3n) is 4.22. The van der Waals surface area contributed by atoms with Gasteiger partial charge in [0, 0.05) is 16.8 Å². The SMILES string of the molecule is CCC(CC)(CBr)NC(=O)C1CCCCCC1. The summed E-state index contributed by atoms with van der Waals surface area (Å²) < 4.78 is 0. The quantitative estimate of drug-likeness (QED) is 0.603. The maximum absolute atomic E-state index is 12.3. The van der Waals surface area contributed by atoms with Crippen LogP contribution in [0.15, 0.2) is 0 Å². The summed E-state index contributed by atoms with van der Waals surface area (Å²) >= 11 is 3.55. The van der Waals surface area contributed by atoms with Gasteiger partial charge in [-0.3, -0.25) is 4.79 Å². The highest BCUT2D eigenvalue weighted by Gasteiger charge is 2.30. The molecule has 0 radical (unpaired) electrons. The molecule has 0 aromatic heterocycles. The fraction of sp³-hybridized carbons (Fsp3) is 0.929. The van der Waals surface area contributed by atoms with Crippen molar-refractivity contribution in [2.45, 2.75) is 70.8 Å². The second-order valence-corrected chi connectivity index (χ2v) is 5.86. The number of hydrogen-bond donors (Lipinski definition) is 1. The van der Waals surface area contributed by atoms with Gasteiger partial charge in [0.2, 0.25) is 5.91 Å². The van der Waals surface area contributed by atoms with Crippen LogP contribution in [0.3, 0.4) is 0 Å². The molecular weight excluding hydrogens is 278 g/mol. The number of carbonyl (C=O) groups excluding carboxylic acids is 1. The Morgan fingerprint density at radius 2 is 1.71 bits per heavy atom. The molecular formula is C14H26BrNO. The van der Waals surface area contributed by atoms with Gasteiger partial charge in [0.05, 0.1) is 0 Å². The van der Waals surface area contributed by atoms with Crippen molar-refractivity contribution in [3.05, 3.63) is 0 Å². The van der Waals surface area contributed by atoms with Crippen molar-refractivity contribution in [2.75, 3.05) is 5.33 Å². The molecule has 1 aliphatic carbocycles. The Morgan fingerprint density at radius 3 is 2.12 bits per heavy atom. The van der Waals surface area contributed by atoms with Gasteiger partial charge < -0.3 is 5.32 Å². The first kappa shape index (κ1) is 15.0. The predicted molar refractivity (Wildman–Crippen MR) is 76.4 cm³/mol. The van der Waals surface area contributed by atoms with Gasteiger partial charge in [0.1, 0.15) is 0 Å². The lowest BCUT2D eigenvalue weighted by Gasteiger charge is -2.32. The van der Waals surface area contributed by atoms with E-state index in [0.717, 1.165) is 31.0 Å². The van der Waals surface area contributed by atoms with Crippen LogP contribution in [-0.2, 0) is 4.79 Å². The zero-order valence-electron chi connectivity index (χ0n) is 11.2. The van der Waals surface area contributed by atoms with Crippen molar-refractivity contribution < 1.29 is 4.79 Å². The summed E-state index contributed by atoms with van der Waals surface area (Å²) in [5, 5.41) is 4.14. The molecule has 0 aliphatic heterocycles. The molecule has 17 heavy (non-hydrogen) atoms. The van der Waals surface area contributed by atoms with Gasteiger partial charge in [-0.05, 0) is 25.7 Å². The Morgan fingerprint density at radius 1 is 1.18 bits per heavy atom. The third-order valence-corrected chi connectivity index (χ3v) is 5.30. The summed E-state index contributed by atoms with van der Waals surface area (Å²) in [5.41, 5.74) is -0.0383. The normalized spacial score (nSPS) is 18.8. The number of amides is 1. The largest absolute Gasteiger partial charge is 0.350 e. The third kappa shape index (κ3) is 4.27. The molecule has 0 heterocycles. The molecule has 1 amide bonds. The molecule has 0 spiro atoms. The molecule has 1 fully saturated rings. The molecule has 3 heteroatoms. The van der Waals surface area contributed by atoms with E-state index in [2.05, 4.69) is 35.1 Å². The highest BCUT2D eigenvalue weighted by atomic mass is 79.9. The summed E-state index contributed by atoms with van der Waals surface area (Å²) in [6.45, 7) is 4.30. The van der Waals surface area contributed by atoms with Gasteiger partial charge in [-0.25, -0.2) is 0 Å². The second kappa shape index (κ2) is 7.40. The van der Waals surface area contributed by atoms with Gasteiger partial charge in [-0.15, -0.1) is 0 Å². The number of rotatable bonds is 5. The lowest BCUT2D eigenvalue weighted by atomic mass is 9.92. The smallest absolute Gasteiger partial charge is 0.223 e. The van der Waals surface area contributed by atoms with E-state index in [1.54, 1.807) is 0 Å². The molecule has 1 rings (SSSR count). The van der Waals surface area contributed by atoms with Crippen LogP contribution in [0.1, 0.15) is 65.2 Å². The van der Waals surface area contributed by atoms with Gasteiger partial charge in [-0.1, -0.05) is 55.5 Å². The standard InChI is InChI=1S/C14H26BrNO/c1-3-14(4-2,11-15)16-13(17)12-9-7-5-6-8-10-12/h12H,3-11H2,1-2H3,(H,16,17). The van der Waals surface area contributed by atoms with E-state index >= 15 is 0 Å². The zero-order valence-corrected chi connectivity index (χ0v) is 12.8. The Balaban J connectivity index is 2.56. The lowest BCUT2D eigenvalue weighted by molar-refractivity contribution is -0.127. The zero-order chi connectivity index (χ0) is 12.7. The van der Waals surface area contributed by atoms with Gasteiger partial charge in [-0.2, -0.15) is 0 Å².